The molecule has 0 N–H and O–H groups in total. The quantitative estimate of drug-likeness (QED) is 0.557. The van der Waals surface area contributed by atoms with Crippen LogP contribution in [0.25, 0.3) is 22.1 Å². The first-order valence-electron chi connectivity index (χ1n) is 11.2. The van der Waals surface area contributed by atoms with Crippen LogP contribution in [0.1, 0.15) is 39.0 Å². The number of fused-ring (bicyclic) bond motifs is 3. The summed E-state index contributed by atoms with van der Waals surface area (Å²) in [6, 6.07) is 6.47. The van der Waals surface area contributed by atoms with Gasteiger partial charge in [0, 0.05) is 65.6 Å². The minimum Gasteiger partial charge on any atom is -0.435 e. The highest BCUT2D eigenvalue weighted by molar-refractivity contribution is 6.11. The van der Waals surface area contributed by atoms with Gasteiger partial charge in [-0.25, -0.2) is 4.98 Å². The van der Waals surface area contributed by atoms with E-state index < -0.39 is 0 Å². The molecular weight excluding hydrogens is 386 g/mol. The molecule has 0 aliphatic carbocycles. The van der Waals surface area contributed by atoms with Crippen molar-refractivity contribution in [3.8, 4) is 0 Å². The molecule has 0 spiro atoms. The van der Waals surface area contributed by atoms with Crippen LogP contribution in [-0.2, 0) is 0 Å². The molecule has 0 fully saturated rings. The van der Waals surface area contributed by atoms with Crippen molar-refractivity contribution in [1.29, 1.82) is 0 Å². The van der Waals surface area contributed by atoms with E-state index in [0.29, 0.717) is 5.71 Å². The molecule has 2 atom stereocenters. The van der Waals surface area contributed by atoms with Crippen molar-refractivity contribution < 1.29 is 4.42 Å². The molecule has 0 amide bonds. The number of nitrogens with zero attached hydrogens (tertiary/aromatic N) is 5. The second-order valence-electron chi connectivity index (χ2n) is 8.49. The van der Waals surface area contributed by atoms with Gasteiger partial charge >= 0.3 is 0 Å². The second-order valence-corrected chi connectivity index (χ2v) is 8.49. The van der Waals surface area contributed by atoms with Gasteiger partial charge in [0.05, 0.1) is 5.69 Å². The van der Waals surface area contributed by atoms with Crippen LogP contribution in [0, 0.1) is 13.8 Å². The van der Waals surface area contributed by atoms with E-state index in [1.807, 2.05) is 6.92 Å². The topological polar surface area (TPSA) is 39.0 Å². The van der Waals surface area contributed by atoms with Gasteiger partial charge in [-0.15, -0.1) is 0 Å². The molecule has 0 bridgehead atoms. The molecule has 0 saturated carbocycles. The summed E-state index contributed by atoms with van der Waals surface area (Å²) in [5, 5.41) is 2.18. The molecule has 162 valence electrons. The maximum Gasteiger partial charge on any atom is 0.227 e. The molecule has 2 aliphatic rings. The van der Waals surface area contributed by atoms with Gasteiger partial charge in [0.2, 0.25) is 5.71 Å². The van der Waals surface area contributed by atoms with Gasteiger partial charge in [-0.3, -0.25) is 0 Å². The summed E-state index contributed by atoms with van der Waals surface area (Å²) in [7, 11) is 0. The average molecular weight is 418 g/mol. The fraction of sp³-hybridized carbons (Fsp3) is 0.400. The highest BCUT2D eigenvalue weighted by Gasteiger charge is 2.31. The minimum atomic E-state index is 0.226. The Morgan fingerprint density at radius 2 is 1.52 bits per heavy atom. The van der Waals surface area contributed by atoms with Crippen LogP contribution in [0.5, 0.6) is 0 Å². The van der Waals surface area contributed by atoms with Crippen molar-refractivity contribution in [3.63, 3.8) is 0 Å². The largest absolute Gasteiger partial charge is 0.435 e. The summed E-state index contributed by atoms with van der Waals surface area (Å²) in [5.41, 5.74) is 6.13. The van der Waals surface area contributed by atoms with Crippen LogP contribution in [0.15, 0.2) is 47.4 Å². The third-order valence-electron chi connectivity index (χ3n) is 6.84. The van der Waals surface area contributed by atoms with E-state index in [9.17, 15) is 0 Å². The summed E-state index contributed by atoms with van der Waals surface area (Å²) >= 11 is 0. The molecule has 0 unspecified atom stereocenters. The Hall–Kier alpha value is -3.15. The number of furan rings is 1. The van der Waals surface area contributed by atoms with Crippen molar-refractivity contribution >= 4 is 33.4 Å². The Kier molecular flexibility index (Phi) is 4.61. The molecule has 4 heterocycles. The van der Waals surface area contributed by atoms with Crippen molar-refractivity contribution in [2.24, 2.45) is 0 Å². The number of benzene rings is 1. The van der Waals surface area contributed by atoms with E-state index in [-0.39, 0.29) is 12.3 Å². The molecule has 6 nitrogen and oxygen atoms in total. The lowest BCUT2D eigenvalue weighted by molar-refractivity contribution is 0.333. The van der Waals surface area contributed by atoms with Gasteiger partial charge in [0.1, 0.15) is 12.3 Å². The summed E-state index contributed by atoms with van der Waals surface area (Å²) in [4.78, 5) is 14.1. The van der Waals surface area contributed by atoms with E-state index in [1.54, 1.807) is 0 Å². The molecule has 31 heavy (non-hydrogen) atoms. The van der Waals surface area contributed by atoms with Crippen LogP contribution in [0.4, 0.5) is 11.4 Å². The fourth-order valence-electron chi connectivity index (χ4n) is 4.94. The first-order valence-corrected chi connectivity index (χ1v) is 11.2. The molecule has 3 aromatic rings. The van der Waals surface area contributed by atoms with E-state index in [0.717, 1.165) is 40.8 Å². The van der Waals surface area contributed by atoms with Gasteiger partial charge in [-0.2, -0.15) is 0 Å². The van der Waals surface area contributed by atoms with Gasteiger partial charge in [0.25, 0.3) is 0 Å². The maximum absolute atomic E-state index is 6.41. The first kappa shape index (κ1) is 19.8. The smallest absolute Gasteiger partial charge is 0.227 e. The third-order valence-corrected chi connectivity index (χ3v) is 6.84. The van der Waals surface area contributed by atoms with E-state index in [4.69, 9.17) is 4.42 Å². The van der Waals surface area contributed by atoms with Gasteiger partial charge in [-0.1, -0.05) is 0 Å². The first-order chi connectivity index (χ1) is 14.9. The molecule has 5 rings (SSSR count). The molecule has 1 aromatic carbocycles. The Bertz CT molecular complexity index is 1210. The number of anilines is 2. The van der Waals surface area contributed by atoms with Gasteiger partial charge < -0.3 is 24.0 Å². The zero-order chi connectivity index (χ0) is 21.9. The number of aromatic nitrogens is 1. The molecule has 0 radical (unpaired) electrons. The standard InChI is InChI=1S/C25H31N5O/c1-7-27-11-13-29(18(27)5)22-15-21-20-10-9-16(3)26-25(20)31-24(21)23(17(22)4)30-14-12-28(8-2)19(30)6/h9-15,18-19H,7-8H2,1-6H3/t18-,19+/m1/s1. The Morgan fingerprint density at radius 3 is 2.16 bits per heavy atom. The van der Waals surface area contributed by atoms with Crippen molar-refractivity contribution in [2.75, 3.05) is 22.9 Å². The van der Waals surface area contributed by atoms with E-state index in [2.05, 4.69) is 102 Å². The lowest BCUT2D eigenvalue weighted by atomic mass is 10.0. The second kappa shape index (κ2) is 7.22. The summed E-state index contributed by atoms with van der Waals surface area (Å²) in [5.74, 6) is 0. The predicted molar refractivity (Wildman–Crippen MR) is 128 cm³/mol. The van der Waals surface area contributed by atoms with Crippen LogP contribution >= 0.6 is 0 Å². The van der Waals surface area contributed by atoms with Crippen LogP contribution in [0.3, 0.4) is 0 Å². The van der Waals surface area contributed by atoms with E-state index in [1.165, 1.54) is 11.3 Å². The molecule has 2 aromatic heterocycles. The zero-order valence-electron chi connectivity index (χ0n) is 19.3. The number of hydrogen-bond acceptors (Lipinski definition) is 6. The van der Waals surface area contributed by atoms with E-state index >= 15 is 0 Å². The third kappa shape index (κ3) is 2.88. The Morgan fingerprint density at radius 1 is 0.871 bits per heavy atom. The average Bonchev–Trinajstić information content (AvgIpc) is 3.42. The number of aryl methyl sites for hydroxylation is 1. The van der Waals surface area contributed by atoms with Crippen LogP contribution < -0.4 is 9.80 Å². The predicted octanol–water partition coefficient (Wildman–Crippen LogP) is 5.52. The van der Waals surface area contributed by atoms with Gasteiger partial charge in [-0.05, 0) is 59.7 Å². The Balaban J connectivity index is 1.77. The number of pyridine rings is 1. The molecule has 6 heteroatoms. The number of hydrogen-bond donors (Lipinski definition) is 0. The van der Waals surface area contributed by atoms with Crippen molar-refractivity contribution in [2.45, 2.75) is 53.9 Å². The lowest BCUT2D eigenvalue weighted by Crippen LogP contribution is -2.37. The lowest BCUT2D eigenvalue weighted by Gasteiger charge is -2.33. The summed E-state index contributed by atoms with van der Waals surface area (Å²) in [6.45, 7) is 15.0. The highest BCUT2D eigenvalue weighted by Crippen LogP contribution is 2.44. The fourth-order valence-corrected chi connectivity index (χ4v) is 4.94. The van der Waals surface area contributed by atoms with Crippen molar-refractivity contribution in [1.82, 2.24) is 14.8 Å². The highest BCUT2D eigenvalue weighted by atomic mass is 16.3. The monoisotopic (exact) mass is 417 g/mol. The van der Waals surface area contributed by atoms with Crippen LogP contribution in [0.2, 0.25) is 0 Å². The van der Waals surface area contributed by atoms with Gasteiger partial charge in [0.15, 0.2) is 5.58 Å². The normalized spacial score (nSPS) is 21.0. The summed E-state index contributed by atoms with van der Waals surface area (Å²) in [6.07, 6.45) is 9.22. The molecular formula is C25H31N5O. The minimum absolute atomic E-state index is 0.226. The SMILES string of the molecule is CCN1C=CN(c2cc3c(oc4nc(C)ccc43)c(N3C=CN(CC)[C@@H]3C)c2C)[C@@H]1C. The molecule has 2 aliphatic heterocycles. The van der Waals surface area contributed by atoms with Crippen molar-refractivity contribution in [3.05, 3.63) is 54.3 Å². The number of rotatable bonds is 4. The molecule has 0 saturated heterocycles. The Labute approximate surface area is 184 Å². The van der Waals surface area contributed by atoms with Crippen LogP contribution in [-0.4, -0.2) is 40.2 Å². The summed E-state index contributed by atoms with van der Waals surface area (Å²) < 4.78 is 6.41. The maximum atomic E-state index is 6.41. The zero-order valence-corrected chi connectivity index (χ0v) is 19.3.